The Labute approximate surface area is 125 Å². The lowest BCUT2D eigenvalue weighted by atomic mass is 9.85. The first-order chi connectivity index (χ1) is 9.76. The van der Waals surface area contributed by atoms with Crippen LogP contribution in [-0.2, 0) is 14.9 Å². The quantitative estimate of drug-likeness (QED) is 0.846. The molecule has 1 aromatic rings. The van der Waals surface area contributed by atoms with Gasteiger partial charge in [0.2, 0.25) is 0 Å². The Morgan fingerprint density at radius 2 is 1.76 bits per heavy atom. The van der Waals surface area contributed by atoms with E-state index in [1.54, 1.807) is 26.2 Å². The van der Waals surface area contributed by atoms with Crippen LogP contribution in [0, 0.1) is 0 Å². The molecular weight excluding hydrogens is 272 g/mol. The number of hydrogen-bond donors (Lipinski definition) is 1. The van der Waals surface area contributed by atoms with Crippen LogP contribution in [-0.4, -0.2) is 31.9 Å². The number of carbonyl (C=O) groups is 1. The minimum atomic E-state index is -1.40. The number of ether oxygens (including phenoxy) is 3. The van der Waals surface area contributed by atoms with Crippen molar-refractivity contribution in [2.45, 2.75) is 39.2 Å². The average Bonchev–Trinajstić information content (AvgIpc) is 2.44. The van der Waals surface area contributed by atoms with Crippen molar-refractivity contribution in [1.82, 2.24) is 0 Å². The number of methoxy groups -OCH3 is 2. The van der Waals surface area contributed by atoms with Crippen LogP contribution in [0.4, 0.5) is 0 Å². The van der Waals surface area contributed by atoms with Gasteiger partial charge < -0.3 is 19.3 Å². The van der Waals surface area contributed by atoms with Gasteiger partial charge in [-0.2, -0.15) is 0 Å². The van der Waals surface area contributed by atoms with Gasteiger partial charge in [-0.15, -0.1) is 0 Å². The third-order valence-electron chi connectivity index (χ3n) is 3.16. The highest BCUT2D eigenvalue weighted by Gasteiger charge is 2.27. The second-order valence-electron chi connectivity index (χ2n) is 5.70. The SMILES string of the molecule is CCOC(=O)C(O)c1cc(OC)c(C(C)(C)C)cc1OC. The number of aliphatic hydroxyl groups is 1. The minimum Gasteiger partial charge on any atom is -0.496 e. The molecule has 0 spiro atoms. The second kappa shape index (κ2) is 6.80. The fraction of sp³-hybridized carbons (Fsp3) is 0.562. The highest BCUT2D eigenvalue weighted by molar-refractivity contribution is 5.77. The highest BCUT2D eigenvalue weighted by atomic mass is 16.5. The van der Waals surface area contributed by atoms with Gasteiger partial charge in [0.05, 0.1) is 20.8 Å². The highest BCUT2D eigenvalue weighted by Crippen LogP contribution is 2.39. The lowest BCUT2D eigenvalue weighted by Crippen LogP contribution is -2.18. The van der Waals surface area contributed by atoms with E-state index in [1.165, 1.54) is 7.11 Å². The van der Waals surface area contributed by atoms with Crippen LogP contribution in [0.5, 0.6) is 11.5 Å². The summed E-state index contributed by atoms with van der Waals surface area (Å²) in [5.41, 5.74) is 1.11. The number of benzene rings is 1. The molecule has 0 radical (unpaired) electrons. The molecule has 0 saturated heterocycles. The first-order valence-electron chi connectivity index (χ1n) is 6.87. The summed E-state index contributed by atoms with van der Waals surface area (Å²) >= 11 is 0. The maximum absolute atomic E-state index is 11.7. The molecule has 0 aliphatic carbocycles. The van der Waals surface area contributed by atoms with Gasteiger partial charge in [0.1, 0.15) is 11.5 Å². The van der Waals surface area contributed by atoms with E-state index < -0.39 is 12.1 Å². The number of hydrogen-bond acceptors (Lipinski definition) is 5. The third-order valence-corrected chi connectivity index (χ3v) is 3.16. The molecule has 0 saturated carbocycles. The van der Waals surface area contributed by atoms with Gasteiger partial charge >= 0.3 is 5.97 Å². The molecule has 0 aliphatic rings. The lowest BCUT2D eigenvalue weighted by Gasteiger charge is -2.25. The van der Waals surface area contributed by atoms with Gasteiger partial charge in [0.15, 0.2) is 6.10 Å². The standard InChI is InChI=1S/C16H24O5/c1-7-21-15(18)14(17)10-8-13(20-6)11(16(2,3)4)9-12(10)19-5/h8-9,14,17H,7H2,1-6H3. The first-order valence-corrected chi connectivity index (χ1v) is 6.87. The maximum Gasteiger partial charge on any atom is 0.339 e. The monoisotopic (exact) mass is 296 g/mol. The second-order valence-corrected chi connectivity index (χ2v) is 5.70. The normalized spacial score (nSPS) is 12.7. The summed E-state index contributed by atoms with van der Waals surface area (Å²) in [6, 6.07) is 3.41. The Morgan fingerprint density at radius 1 is 1.19 bits per heavy atom. The van der Waals surface area contributed by atoms with Crippen molar-refractivity contribution in [2.24, 2.45) is 0 Å². The molecule has 5 heteroatoms. The Balaban J connectivity index is 3.37. The Bertz CT molecular complexity index is 502. The van der Waals surface area contributed by atoms with E-state index in [2.05, 4.69) is 0 Å². The van der Waals surface area contributed by atoms with Crippen molar-refractivity contribution < 1.29 is 24.1 Å². The molecule has 0 aromatic heterocycles. The molecule has 1 unspecified atom stereocenters. The molecule has 1 N–H and O–H groups in total. The molecule has 0 fully saturated rings. The first kappa shape index (κ1) is 17.3. The Kier molecular flexibility index (Phi) is 5.61. The topological polar surface area (TPSA) is 65.0 Å². The molecule has 118 valence electrons. The van der Waals surface area contributed by atoms with Crippen LogP contribution in [0.1, 0.15) is 44.9 Å². The van der Waals surface area contributed by atoms with E-state index in [0.717, 1.165) is 5.56 Å². The average molecular weight is 296 g/mol. The maximum atomic E-state index is 11.7. The number of esters is 1. The fourth-order valence-corrected chi connectivity index (χ4v) is 2.07. The molecule has 5 nitrogen and oxygen atoms in total. The van der Waals surface area contributed by atoms with E-state index >= 15 is 0 Å². The van der Waals surface area contributed by atoms with Crippen molar-refractivity contribution in [3.8, 4) is 11.5 Å². The van der Waals surface area contributed by atoms with E-state index in [4.69, 9.17) is 14.2 Å². The summed E-state index contributed by atoms with van der Waals surface area (Å²) in [6.07, 6.45) is -1.40. The van der Waals surface area contributed by atoms with Crippen molar-refractivity contribution in [3.05, 3.63) is 23.3 Å². The number of rotatable bonds is 5. The number of carbonyl (C=O) groups excluding carboxylic acids is 1. The summed E-state index contributed by atoms with van der Waals surface area (Å²) in [4.78, 5) is 11.7. The summed E-state index contributed by atoms with van der Waals surface area (Å²) in [6.45, 7) is 8.03. The minimum absolute atomic E-state index is 0.161. The van der Waals surface area contributed by atoms with Crippen molar-refractivity contribution in [2.75, 3.05) is 20.8 Å². The molecule has 0 amide bonds. The summed E-state index contributed by atoms with van der Waals surface area (Å²) in [5, 5.41) is 10.1. The molecule has 1 rings (SSSR count). The molecule has 21 heavy (non-hydrogen) atoms. The fourth-order valence-electron chi connectivity index (χ4n) is 2.07. The Morgan fingerprint density at radius 3 is 2.19 bits per heavy atom. The van der Waals surface area contributed by atoms with E-state index in [-0.39, 0.29) is 12.0 Å². The van der Waals surface area contributed by atoms with Crippen LogP contribution in [0.3, 0.4) is 0 Å². The summed E-state index contributed by atoms with van der Waals surface area (Å²) in [7, 11) is 3.05. The van der Waals surface area contributed by atoms with Crippen molar-refractivity contribution in [1.29, 1.82) is 0 Å². The van der Waals surface area contributed by atoms with Crippen molar-refractivity contribution >= 4 is 5.97 Å². The molecule has 0 bridgehead atoms. The van der Waals surface area contributed by atoms with E-state index in [9.17, 15) is 9.90 Å². The van der Waals surface area contributed by atoms with Crippen LogP contribution in [0.25, 0.3) is 0 Å². The zero-order chi connectivity index (χ0) is 16.2. The Hall–Kier alpha value is -1.75. The molecule has 0 heterocycles. The van der Waals surface area contributed by atoms with Gasteiger partial charge in [-0.05, 0) is 24.5 Å². The third kappa shape index (κ3) is 3.88. The van der Waals surface area contributed by atoms with Gasteiger partial charge in [-0.1, -0.05) is 20.8 Å². The smallest absolute Gasteiger partial charge is 0.339 e. The molecule has 0 aliphatic heterocycles. The predicted molar refractivity (Wildman–Crippen MR) is 79.8 cm³/mol. The van der Waals surface area contributed by atoms with Gasteiger partial charge in [0, 0.05) is 11.1 Å². The largest absolute Gasteiger partial charge is 0.496 e. The molecular formula is C16H24O5. The van der Waals surface area contributed by atoms with Gasteiger partial charge in [-0.3, -0.25) is 0 Å². The molecule has 1 aromatic carbocycles. The van der Waals surface area contributed by atoms with Crippen LogP contribution < -0.4 is 9.47 Å². The lowest BCUT2D eigenvalue weighted by molar-refractivity contribution is -0.153. The van der Waals surface area contributed by atoms with Gasteiger partial charge in [-0.25, -0.2) is 4.79 Å². The van der Waals surface area contributed by atoms with Crippen LogP contribution in [0.15, 0.2) is 12.1 Å². The molecule has 1 atom stereocenters. The summed E-state index contributed by atoms with van der Waals surface area (Å²) in [5.74, 6) is 0.323. The number of aliphatic hydroxyl groups excluding tert-OH is 1. The van der Waals surface area contributed by atoms with Crippen LogP contribution in [0.2, 0.25) is 0 Å². The summed E-state index contributed by atoms with van der Waals surface area (Å²) < 4.78 is 15.5. The van der Waals surface area contributed by atoms with Gasteiger partial charge in [0.25, 0.3) is 0 Å². The predicted octanol–water partition coefficient (Wildman–Crippen LogP) is 2.60. The van der Waals surface area contributed by atoms with E-state index in [1.807, 2.05) is 20.8 Å². The van der Waals surface area contributed by atoms with Crippen LogP contribution >= 0.6 is 0 Å². The zero-order valence-corrected chi connectivity index (χ0v) is 13.5. The van der Waals surface area contributed by atoms with Crippen molar-refractivity contribution in [3.63, 3.8) is 0 Å². The zero-order valence-electron chi connectivity index (χ0n) is 13.5. The van der Waals surface area contributed by atoms with E-state index in [0.29, 0.717) is 17.1 Å².